The zero-order chi connectivity index (χ0) is 12.0. The number of halogens is 3. The topological polar surface area (TPSA) is 0 Å². The molecule has 0 saturated carbocycles. The Labute approximate surface area is 95.3 Å². The highest BCUT2D eigenvalue weighted by Crippen LogP contribution is 2.28. The van der Waals surface area contributed by atoms with Gasteiger partial charge in [-0.25, -0.2) is 13.2 Å². The lowest BCUT2D eigenvalue weighted by Crippen LogP contribution is -1.93. The van der Waals surface area contributed by atoms with Crippen molar-refractivity contribution in [3.8, 4) is 0 Å². The van der Waals surface area contributed by atoms with Crippen LogP contribution in [0.25, 0.3) is 21.5 Å². The zero-order valence-electron chi connectivity index (χ0n) is 8.52. The lowest BCUT2D eigenvalue weighted by Gasteiger charge is -2.05. The van der Waals surface area contributed by atoms with E-state index in [1.807, 2.05) is 0 Å². The molecule has 0 aromatic heterocycles. The lowest BCUT2D eigenvalue weighted by atomic mass is 10.0. The Morgan fingerprint density at radius 1 is 0.882 bits per heavy atom. The zero-order valence-corrected chi connectivity index (χ0v) is 8.52. The van der Waals surface area contributed by atoms with Gasteiger partial charge >= 0.3 is 0 Å². The Hall–Kier alpha value is -2.03. The fraction of sp³-hybridized carbons (Fsp3) is 0. The van der Waals surface area contributed by atoms with Crippen molar-refractivity contribution in [3.63, 3.8) is 0 Å². The summed E-state index contributed by atoms with van der Waals surface area (Å²) < 4.78 is 39.8. The van der Waals surface area contributed by atoms with Crippen LogP contribution in [-0.4, -0.2) is 0 Å². The average molecular weight is 230 g/mol. The second-order valence-corrected chi connectivity index (χ2v) is 3.69. The minimum atomic E-state index is -1.49. The quantitative estimate of drug-likeness (QED) is 0.404. The van der Waals surface area contributed by atoms with E-state index in [2.05, 4.69) is 12.1 Å². The van der Waals surface area contributed by atoms with E-state index < -0.39 is 17.5 Å². The highest BCUT2D eigenvalue weighted by atomic mass is 19.2. The highest BCUT2D eigenvalue weighted by Gasteiger charge is 2.15. The molecule has 3 rings (SSSR count). The minimum absolute atomic E-state index is 0.0241. The fourth-order valence-electron chi connectivity index (χ4n) is 1.90. The number of benzene rings is 3. The Bertz CT molecular complexity index is 732. The van der Waals surface area contributed by atoms with Gasteiger partial charge in [-0.15, -0.1) is 0 Å². The van der Waals surface area contributed by atoms with Crippen molar-refractivity contribution in [2.45, 2.75) is 0 Å². The molecule has 0 fully saturated rings. The van der Waals surface area contributed by atoms with Crippen molar-refractivity contribution < 1.29 is 13.2 Å². The van der Waals surface area contributed by atoms with Gasteiger partial charge in [0.2, 0.25) is 0 Å². The van der Waals surface area contributed by atoms with E-state index in [-0.39, 0.29) is 10.8 Å². The molecule has 0 aliphatic rings. The molecular formula is C14H5F3. The van der Waals surface area contributed by atoms with E-state index in [0.29, 0.717) is 10.8 Å². The minimum Gasteiger partial charge on any atom is -0.203 e. The molecule has 0 unspecified atom stereocenters. The second kappa shape index (κ2) is 3.48. The van der Waals surface area contributed by atoms with E-state index >= 15 is 0 Å². The van der Waals surface area contributed by atoms with Crippen LogP contribution in [0.5, 0.6) is 0 Å². The number of fused-ring (bicyclic) bond motifs is 3. The third-order valence-corrected chi connectivity index (χ3v) is 2.70. The molecule has 82 valence electrons. The SMILES string of the molecule is Fc1[c]c2c(ccc3[c]cccc32)c(F)c1F. The maximum atomic E-state index is 13.5. The van der Waals surface area contributed by atoms with Gasteiger partial charge in [-0.05, 0) is 16.8 Å². The molecule has 2 radical (unpaired) electrons. The summed E-state index contributed by atoms with van der Waals surface area (Å²) in [5.74, 6) is -3.97. The molecule has 0 atom stereocenters. The molecule has 0 spiro atoms. The summed E-state index contributed by atoms with van der Waals surface area (Å²) in [4.78, 5) is 0. The Balaban J connectivity index is 2.59. The first kappa shape index (κ1) is 10.1. The van der Waals surface area contributed by atoms with Crippen molar-refractivity contribution in [1.29, 1.82) is 0 Å². The maximum absolute atomic E-state index is 13.5. The van der Waals surface area contributed by atoms with Crippen molar-refractivity contribution in [3.05, 3.63) is 59.9 Å². The van der Waals surface area contributed by atoms with Crippen molar-refractivity contribution in [2.24, 2.45) is 0 Å². The van der Waals surface area contributed by atoms with Crippen LogP contribution >= 0.6 is 0 Å². The van der Waals surface area contributed by atoms with Gasteiger partial charge in [-0.3, -0.25) is 0 Å². The third-order valence-electron chi connectivity index (χ3n) is 2.70. The first-order valence-corrected chi connectivity index (χ1v) is 4.97. The molecule has 0 aliphatic heterocycles. The number of rotatable bonds is 0. The van der Waals surface area contributed by atoms with E-state index in [1.54, 1.807) is 24.3 Å². The first-order valence-electron chi connectivity index (χ1n) is 4.97. The van der Waals surface area contributed by atoms with Crippen LogP contribution in [0.1, 0.15) is 0 Å². The predicted octanol–water partition coefficient (Wildman–Crippen LogP) is 4.01. The summed E-state index contributed by atoms with van der Waals surface area (Å²) in [6, 6.07) is 13.3. The standard InChI is InChI=1S/C14H5F3/c15-12-7-11-9-4-2-1-3-8(9)5-6-10(11)13(16)14(12)17/h1-2,4-6H. The predicted molar refractivity (Wildman–Crippen MR) is 59.0 cm³/mol. The summed E-state index contributed by atoms with van der Waals surface area (Å²) in [6.45, 7) is 0. The molecule has 0 bridgehead atoms. The smallest absolute Gasteiger partial charge is 0.195 e. The van der Waals surface area contributed by atoms with Gasteiger partial charge in [0.1, 0.15) is 0 Å². The van der Waals surface area contributed by atoms with E-state index in [0.717, 1.165) is 0 Å². The molecule has 0 aliphatic carbocycles. The summed E-state index contributed by atoms with van der Waals surface area (Å²) in [5.41, 5.74) is 0. The van der Waals surface area contributed by atoms with Gasteiger partial charge in [0.15, 0.2) is 17.5 Å². The van der Waals surface area contributed by atoms with Crippen LogP contribution in [0.15, 0.2) is 30.3 Å². The normalized spacial score (nSPS) is 11.2. The van der Waals surface area contributed by atoms with E-state index in [4.69, 9.17) is 0 Å². The molecule has 0 amide bonds. The Kier molecular flexibility index (Phi) is 2.08. The second-order valence-electron chi connectivity index (χ2n) is 3.69. The molecule has 3 heteroatoms. The third kappa shape index (κ3) is 1.39. The van der Waals surface area contributed by atoms with E-state index in [1.165, 1.54) is 6.07 Å². The Morgan fingerprint density at radius 2 is 1.71 bits per heavy atom. The van der Waals surface area contributed by atoms with Crippen LogP contribution in [-0.2, 0) is 0 Å². The molecular weight excluding hydrogens is 225 g/mol. The van der Waals surface area contributed by atoms with Crippen molar-refractivity contribution >= 4 is 21.5 Å². The van der Waals surface area contributed by atoms with Gasteiger partial charge in [0.25, 0.3) is 0 Å². The highest BCUT2D eigenvalue weighted by molar-refractivity contribution is 6.07. The lowest BCUT2D eigenvalue weighted by molar-refractivity contribution is 0.453. The number of hydrogen-bond acceptors (Lipinski definition) is 0. The van der Waals surface area contributed by atoms with Gasteiger partial charge in [-0.2, -0.15) is 0 Å². The van der Waals surface area contributed by atoms with Gasteiger partial charge in [0, 0.05) is 16.8 Å². The summed E-state index contributed by atoms with van der Waals surface area (Å²) in [6.07, 6.45) is 0. The van der Waals surface area contributed by atoms with Crippen LogP contribution in [0.2, 0.25) is 0 Å². The van der Waals surface area contributed by atoms with Crippen molar-refractivity contribution in [2.75, 3.05) is 0 Å². The summed E-state index contributed by atoms with van der Waals surface area (Å²) in [7, 11) is 0. The summed E-state index contributed by atoms with van der Waals surface area (Å²) >= 11 is 0. The van der Waals surface area contributed by atoms with Gasteiger partial charge in [-0.1, -0.05) is 30.3 Å². The largest absolute Gasteiger partial charge is 0.203 e. The van der Waals surface area contributed by atoms with E-state index in [9.17, 15) is 13.2 Å². The molecule has 17 heavy (non-hydrogen) atoms. The summed E-state index contributed by atoms with van der Waals surface area (Å²) in [5, 5.41) is 1.57. The fourth-order valence-corrected chi connectivity index (χ4v) is 1.90. The molecule has 0 N–H and O–H groups in total. The van der Waals surface area contributed by atoms with Crippen molar-refractivity contribution in [1.82, 2.24) is 0 Å². The van der Waals surface area contributed by atoms with Gasteiger partial charge < -0.3 is 0 Å². The molecule has 0 saturated heterocycles. The van der Waals surface area contributed by atoms with Crippen LogP contribution in [0.3, 0.4) is 0 Å². The molecule has 0 heterocycles. The first-order chi connectivity index (χ1) is 8.18. The Morgan fingerprint density at radius 3 is 2.53 bits per heavy atom. The molecule has 0 nitrogen and oxygen atoms in total. The molecule has 3 aromatic rings. The maximum Gasteiger partial charge on any atom is 0.195 e. The molecule has 3 aromatic carbocycles. The average Bonchev–Trinajstić information content (AvgIpc) is 2.36. The number of hydrogen-bond donors (Lipinski definition) is 0. The van der Waals surface area contributed by atoms with Gasteiger partial charge in [0.05, 0.1) is 0 Å². The monoisotopic (exact) mass is 230 g/mol. The van der Waals surface area contributed by atoms with Crippen LogP contribution in [0, 0.1) is 29.6 Å². The van der Waals surface area contributed by atoms with Crippen LogP contribution in [0.4, 0.5) is 13.2 Å². The van der Waals surface area contributed by atoms with Crippen LogP contribution < -0.4 is 0 Å².